The fraction of sp³-hybridized carbons (Fsp3) is 0.318. The third-order valence-corrected chi connectivity index (χ3v) is 4.94. The zero-order valence-corrected chi connectivity index (χ0v) is 17.2. The Kier molecular flexibility index (Phi) is 6.90. The first-order valence-corrected chi connectivity index (χ1v) is 9.74. The fourth-order valence-corrected chi connectivity index (χ4v) is 3.25. The summed E-state index contributed by atoms with van der Waals surface area (Å²) in [5, 5.41) is 12.5. The number of nitrogens with zero attached hydrogens (tertiary/aromatic N) is 3. The summed E-state index contributed by atoms with van der Waals surface area (Å²) in [6.45, 7) is 4.52. The molecular formula is C22H26N4O4. The molecular weight excluding hydrogens is 384 g/mol. The van der Waals surface area contributed by atoms with Crippen LogP contribution in [-0.4, -0.2) is 66.0 Å². The van der Waals surface area contributed by atoms with Crippen LogP contribution in [0.25, 0.3) is 0 Å². The van der Waals surface area contributed by atoms with Crippen molar-refractivity contribution in [2.75, 3.05) is 38.6 Å². The van der Waals surface area contributed by atoms with E-state index in [1.54, 1.807) is 43.2 Å². The molecule has 8 heteroatoms. The number of ether oxygens (including phenoxy) is 1. The molecule has 2 aromatic carbocycles. The van der Waals surface area contributed by atoms with Crippen molar-refractivity contribution in [2.45, 2.75) is 13.5 Å². The molecule has 0 bridgehead atoms. The van der Waals surface area contributed by atoms with E-state index in [1.165, 1.54) is 0 Å². The molecule has 2 aromatic rings. The molecule has 2 N–H and O–H groups in total. The Labute approximate surface area is 175 Å². The number of aromatic carboxylic acids is 1. The highest BCUT2D eigenvalue weighted by molar-refractivity contribution is 5.96. The number of rotatable bonds is 5. The summed E-state index contributed by atoms with van der Waals surface area (Å²) >= 11 is 0. The molecule has 1 heterocycles. The second kappa shape index (κ2) is 9.78. The molecule has 0 aliphatic carbocycles. The lowest BCUT2D eigenvalue weighted by Gasteiger charge is -2.36. The quantitative estimate of drug-likeness (QED) is 0.581. The van der Waals surface area contributed by atoms with Crippen molar-refractivity contribution in [3.63, 3.8) is 0 Å². The molecule has 0 unspecified atom stereocenters. The molecule has 0 atom stereocenters. The molecule has 1 amide bonds. The number of methoxy groups -OCH3 is 1. The van der Waals surface area contributed by atoms with Crippen molar-refractivity contribution in [3.8, 4) is 5.75 Å². The van der Waals surface area contributed by atoms with Gasteiger partial charge in [-0.15, -0.1) is 0 Å². The summed E-state index contributed by atoms with van der Waals surface area (Å²) in [4.78, 5) is 31.6. The standard InChI is InChI=1S/C22H26N4O4/c1-16(27)25-9-11-26(12-10-25)22(23-15-17-5-3-8-20(13-17)30-2)24-19-7-4-6-18(14-19)21(28)29/h3-8,13-14H,9-12,15H2,1-2H3,(H,23,24)(H,28,29). The number of carbonyl (C=O) groups is 2. The second-order valence-electron chi connectivity index (χ2n) is 7.00. The van der Waals surface area contributed by atoms with Crippen LogP contribution in [0.15, 0.2) is 53.5 Å². The molecule has 0 saturated carbocycles. The van der Waals surface area contributed by atoms with Crippen LogP contribution in [0, 0.1) is 0 Å². The Morgan fingerprint density at radius 3 is 2.43 bits per heavy atom. The predicted octanol–water partition coefficient (Wildman–Crippen LogP) is 2.53. The van der Waals surface area contributed by atoms with Gasteiger partial charge in [0, 0.05) is 38.8 Å². The number of aliphatic imine (C=N–C) groups is 1. The van der Waals surface area contributed by atoms with E-state index in [0.717, 1.165) is 11.3 Å². The van der Waals surface area contributed by atoms with E-state index in [9.17, 15) is 14.7 Å². The van der Waals surface area contributed by atoms with Crippen LogP contribution >= 0.6 is 0 Å². The first-order valence-electron chi connectivity index (χ1n) is 9.74. The van der Waals surface area contributed by atoms with E-state index < -0.39 is 5.97 Å². The molecule has 1 fully saturated rings. The van der Waals surface area contributed by atoms with Crippen LogP contribution in [0.5, 0.6) is 5.75 Å². The molecule has 1 saturated heterocycles. The molecule has 8 nitrogen and oxygen atoms in total. The van der Waals surface area contributed by atoms with E-state index in [4.69, 9.17) is 9.73 Å². The van der Waals surface area contributed by atoms with Gasteiger partial charge in [0.1, 0.15) is 5.75 Å². The van der Waals surface area contributed by atoms with Crippen LogP contribution in [0.4, 0.5) is 5.69 Å². The van der Waals surface area contributed by atoms with Gasteiger partial charge in [-0.3, -0.25) is 4.79 Å². The lowest BCUT2D eigenvalue weighted by Crippen LogP contribution is -2.51. The van der Waals surface area contributed by atoms with E-state index in [2.05, 4.69) is 10.2 Å². The number of benzene rings is 2. The summed E-state index contributed by atoms with van der Waals surface area (Å²) in [7, 11) is 1.62. The summed E-state index contributed by atoms with van der Waals surface area (Å²) in [5.41, 5.74) is 1.84. The highest BCUT2D eigenvalue weighted by Gasteiger charge is 2.21. The minimum Gasteiger partial charge on any atom is -0.497 e. The minimum atomic E-state index is -0.983. The van der Waals surface area contributed by atoms with Crippen molar-refractivity contribution < 1.29 is 19.4 Å². The third kappa shape index (κ3) is 5.50. The Balaban J connectivity index is 1.81. The number of anilines is 1. The first kappa shape index (κ1) is 21.2. The number of carboxylic acids is 1. The molecule has 0 aromatic heterocycles. The third-order valence-electron chi connectivity index (χ3n) is 4.94. The molecule has 0 spiro atoms. The second-order valence-corrected chi connectivity index (χ2v) is 7.00. The summed E-state index contributed by atoms with van der Waals surface area (Å²) in [6, 6.07) is 14.3. The Morgan fingerprint density at radius 2 is 1.77 bits per heavy atom. The summed E-state index contributed by atoms with van der Waals surface area (Å²) in [6.07, 6.45) is 0. The van der Waals surface area contributed by atoms with Gasteiger partial charge in [0.15, 0.2) is 5.96 Å². The number of hydrogen-bond acceptors (Lipinski definition) is 4. The number of amides is 1. The van der Waals surface area contributed by atoms with Gasteiger partial charge in [0.25, 0.3) is 0 Å². The number of nitrogens with one attached hydrogen (secondary N) is 1. The maximum atomic E-state index is 11.6. The lowest BCUT2D eigenvalue weighted by molar-refractivity contribution is -0.130. The van der Waals surface area contributed by atoms with Gasteiger partial charge in [0.05, 0.1) is 19.2 Å². The number of carboxylic acid groups (broad SMARTS) is 1. The molecule has 3 rings (SSSR count). The van der Waals surface area contributed by atoms with Crippen molar-refractivity contribution in [1.29, 1.82) is 0 Å². The number of hydrogen-bond donors (Lipinski definition) is 2. The molecule has 0 radical (unpaired) electrons. The van der Waals surface area contributed by atoms with Gasteiger partial charge in [-0.25, -0.2) is 9.79 Å². The van der Waals surface area contributed by atoms with E-state index in [0.29, 0.717) is 44.4 Å². The van der Waals surface area contributed by atoms with Crippen LogP contribution < -0.4 is 10.1 Å². The van der Waals surface area contributed by atoms with E-state index in [1.807, 2.05) is 24.3 Å². The van der Waals surface area contributed by atoms with Gasteiger partial charge in [-0.2, -0.15) is 0 Å². The zero-order valence-electron chi connectivity index (χ0n) is 17.2. The minimum absolute atomic E-state index is 0.0617. The van der Waals surface area contributed by atoms with Crippen LogP contribution in [0.1, 0.15) is 22.8 Å². The molecule has 1 aliphatic heterocycles. The summed E-state index contributed by atoms with van der Waals surface area (Å²) < 4.78 is 5.28. The summed E-state index contributed by atoms with van der Waals surface area (Å²) in [5.74, 6) is 0.486. The highest BCUT2D eigenvalue weighted by atomic mass is 16.5. The highest BCUT2D eigenvalue weighted by Crippen LogP contribution is 2.16. The fourth-order valence-electron chi connectivity index (χ4n) is 3.25. The largest absolute Gasteiger partial charge is 0.497 e. The monoisotopic (exact) mass is 410 g/mol. The van der Waals surface area contributed by atoms with Crippen molar-refractivity contribution in [2.24, 2.45) is 4.99 Å². The van der Waals surface area contributed by atoms with Gasteiger partial charge >= 0.3 is 5.97 Å². The van der Waals surface area contributed by atoms with Gasteiger partial charge in [-0.05, 0) is 35.9 Å². The van der Waals surface area contributed by atoms with Gasteiger partial charge in [0.2, 0.25) is 5.91 Å². The van der Waals surface area contributed by atoms with Crippen molar-refractivity contribution >= 4 is 23.5 Å². The van der Waals surface area contributed by atoms with Crippen molar-refractivity contribution in [1.82, 2.24) is 9.80 Å². The molecule has 30 heavy (non-hydrogen) atoms. The smallest absolute Gasteiger partial charge is 0.335 e. The average molecular weight is 410 g/mol. The van der Waals surface area contributed by atoms with Crippen LogP contribution in [-0.2, 0) is 11.3 Å². The topological polar surface area (TPSA) is 94.5 Å². The van der Waals surface area contributed by atoms with Crippen LogP contribution in [0.3, 0.4) is 0 Å². The van der Waals surface area contributed by atoms with E-state index in [-0.39, 0.29) is 11.5 Å². The Hall–Kier alpha value is -3.55. The number of carbonyl (C=O) groups excluding carboxylic acids is 1. The SMILES string of the molecule is COc1cccc(CN=C(Nc2cccc(C(=O)O)c2)N2CCN(C(C)=O)CC2)c1. The number of guanidine groups is 1. The number of piperazine rings is 1. The molecule has 1 aliphatic rings. The maximum absolute atomic E-state index is 11.6. The van der Waals surface area contributed by atoms with Crippen molar-refractivity contribution in [3.05, 3.63) is 59.7 Å². The predicted molar refractivity (Wildman–Crippen MR) is 115 cm³/mol. The first-order chi connectivity index (χ1) is 14.5. The van der Waals surface area contributed by atoms with Gasteiger partial charge < -0.3 is 25.0 Å². The molecule has 158 valence electrons. The van der Waals surface area contributed by atoms with E-state index >= 15 is 0 Å². The zero-order chi connectivity index (χ0) is 21.5. The Morgan fingerprint density at radius 1 is 1.07 bits per heavy atom. The normalized spacial score (nSPS) is 14.4. The lowest BCUT2D eigenvalue weighted by atomic mass is 10.2. The van der Waals surface area contributed by atoms with Crippen LogP contribution in [0.2, 0.25) is 0 Å². The Bertz CT molecular complexity index is 936. The maximum Gasteiger partial charge on any atom is 0.335 e. The van der Waals surface area contributed by atoms with Gasteiger partial charge in [-0.1, -0.05) is 18.2 Å². The average Bonchev–Trinajstić information content (AvgIpc) is 2.77.